The van der Waals surface area contributed by atoms with Gasteiger partial charge in [-0.3, -0.25) is 19.1 Å². The summed E-state index contributed by atoms with van der Waals surface area (Å²) < 4.78 is 6.78. The maximum Gasteiger partial charge on any atom is 0.328 e. The number of aromatic nitrogens is 2. The lowest BCUT2D eigenvalue weighted by molar-refractivity contribution is -0.116. The van der Waals surface area contributed by atoms with Gasteiger partial charge in [0, 0.05) is 18.0 Å². The van der Waals surface area contributed by atoms with Crippen molar-refractivity contribution >= 4 is 11.6 Å². The normalized spacial score (nSPS) is 10.2. The summed E-state index contributed by atoms with van der Waals surface area (Å²) >= 11 is 0. The first-order valence-corrected chi connectivity index (χ1v) is 7.53. The van der Waals surface area contributed by atoms with Crippen molar-refractivity contribution in [2.24, 2.45) is 0 Å². The second-order valence-corrected chi connectivity index (χ2v) is 5.23. The molecule has 0 spiro atoms. The molecular formula is C18H15N3O4. The number of aromatic amines is 1. The van der Waals surface area contributed by atoms with Gasteiger partial charge >= 0.3 is 5.69 Å². The van der Waals surface area contributed by atoms with Crippen LogP contribution in [0.4, 0.5) is 5.69 Å². The molecule has 1 amide bonds. The van der Waals surface area contributed by atoms with Gasteiger partial charge in [0.25, 0.3) is 5.56 Å². The predicted octanol–water partition coefficient (Wildman–Crippen LogP) is 1.97. The highest BCUT2D eigenvalue weighted by atomic mass is 16.5. The second kappa shape index (κ2) is 7.31. The average Bonchev–Trinajstić information content (AvgIpc) is 2.60. The molecule has 0 aliphatic carbocycles. The summed E-state index contributed by atoms with van der Waals surface area (Å²) in [6, 6.07) is 17.4. The molecule has 2 aromatic carbocycles. The van der Waals surface area contributed by atoms with Crippen molar-refractivity contribution in [2.45, 2.75) is 6.54 Å². The van der Waals surface area contributed by atoms with Crippen LogP contribution in [0.15, 0.2) is 76.4 Å². The largest absolute Gasteiger partial charge is 0.457 e. The molecule has 126 valence electrons. The van der Waals surface area contributed by atoms with E-state index in [9.17, 15) is 14.4 Å². The molecule has 7 nitrogen and oxygen atoms in total. The van der Waals surface area contributed by atoms with Crippen LogP contribution >= 0.6 is 0 Å². The summed E-state index contributed by atoms with van der Waals surface area (Å²) in [5.74, 6) is 0.976. The molecule has 0 saturated heterocycles. The maximum atomic E-state index is 12.0. The van der Waals surface area contributed by atoms with Crippen LogP contribution in [0.1, 0.15) is 0 Å². The SMILES string of the molecule is O=C(Cn1ccc(=O)[nH]c1=O)Nc1ccc(Oc2ccccc2)cc1. The quantitative estimate of drug-likeness (QED) is 0.744. The summed E-state index contributed by atoms with van der Waals surface area (Å²) in [4.78, 5) is 36.7. The number of amides is 1. The standard InChI is InChI=1S/C18H15N3O4/c22-16-10-11-21(18(24)20-16)12-17(23)19-13-6-8-15(9-7-13)25-14-4-2-1-3-5-14/h1-11H,12H2,(H,19,23)(H,20,22,24). The number of hydrogen-bond acceptors (Lipinski definition) is 4. The highest BCUT2D eigenvalue weighted by molar-refractivity contribution is 5.90. The van der Waals surface area contributed by atoms with E-state index in [0.717, 1.165) is 10.3 Å². The molecule has 0 unspecified atom stereocenters. The Labute approximate surface area is 142 Å². The number of carbonyl (C=O) groups excluding carboxylic acids is 1. The predicted molar refractivity (Wildman–Crippen MR) is 92.9 cm³/mol. The minimum absolute atomic E-state index is 0.197. The molecule has 0 bridgehead atoms. The van der Waals surface area contributed by atoms with E-state index in [1.165, 1.54) is 12.3 Å². The highest BCUT2D eigenvalue weighted by Crippen LogP contribution is 2.22. The lowest BCUT2D eigenvalue weighted by atomic mass is 10.3. The Hall–Kier alpha value is -3.61. The number of nitrogens with zero attached hydrogens (tertiary/aromatic N) is 1. The van der Waals surface area contributed by atoms with Gasteiger partial charge in [-0.05, 0) is 36.4 Å². The molecular weight excluding hydrogens is 322 g/mol. The average molecular weight is 337 g/mol. The van der Waals surface area contributed by atoms with Crippen LogP contribution in [-0.4, -0.2) is 15.5 Å². The molecule has 0 atom stereocenters. The van der Waals surface area contributed by atoms with Gasteiger partial charge in [0.15, 0.2) is 0 Å². The van der Waals surface area contributed by atoms with Gasteiger partial charge in [-0.15, -0.1) is 0 Å². The van der Waals surface area contributed by atoms with Crippen molar-refractivity contribution in [3.8, 4) is 11.5 Å². The lowest BCUT2D eigenvalue weighted by Crippen LogP contribution is -2.32. The van der Waals surface area contributed by atoms with Crippen LogP contribution < -0.4 is 21.3 Å². The van der Waals surface area contributed by atoms with E-state index in [2.05, 4.69) is 10.3 Å². The summed E-state index contributed by atoms with van der Waals surface area (Å²) in [6.07, 6.45) is 1.28. The number of H-pyrrole nitrogens is 1. The molecule has 0 saturated carbocycles. The zero-order valence-corrected chi connectivity index (χ0v) is 13.1. The number of anilines is 1. The third kappa shape index (κ3) is 4.44. The first-order chi connectivity index (χ1) is 12.1. The van der Waals surface area contributed by atoms with E-state index in [0.29, 0.717) is 11.4 Å². The molecule has 0 fully saturated rings. The summed E-state index contributed by atoms with van der Waals surface area (Å²) in [6.45, 7) is -0.197. The van der Waals surface area contributed by atoms with E-state index in [-0.39, 0.29) is 12.5 Å². The molecule has 0 aliphatic rings. The number of rotatable bonds is 5. The molecule has 3 aromatic rings. The fourth-order valence-corrected chi connectivity index (χ4v) is 2.15. The Morgan fingerprint density at radius 1 is 0.960 bits per heavy atom. The van der Waals surface area contributed by atoms with Gasteiger partial charge in [-0.25, -0.2) is 4.79 Å². The first-order valence-electron chi connectivity index (χ1n) is 7.53. The van der Waals surface area contributed by atoms with Crippen LogP contribution in [0.2, 0.25) is 0 Å². The van der Waals surface area contributed by atoms with E-state index in [1.54, 1.807) is 24.3 Å². The molecule has 25 heavy (non-hydrogen) atoms. The Bertz CT molecular complexity index is 975. The third-order valence-corrected chi connectivity index (χ3v) is 3.33. The van der Waals surface area contributed by atoms with Crippen molar-refractivity contribution in [3.05, 3.63) is 87.7 Å². The number of para-hydroxylation sites is 1. The highest BCUT2D eigenvalue weighted by Gasteiger charge is 2.06. The lowest BCUT2D eigenvalue weighted by Gasteiger charge is -2.09. The number of hydrogen-bond donors (Lipinski definition) is 2. The van der Waals surface area contributed by atoms with Crippen LogP contribution in [0.25, 0.3) is 0 Å². The fraction of sp³-hybridized carbons (Fsp3) is 0.0556. The molecule has 1 aromatic heterocycles. The van der Waals surface area contributed by atoms with Crippen molar-refractivity contribution < 1.29 is 9.53 Å². The summed E-state index contributed by atoms with van der Waals surface area (Å²) in [5.41, 5.74) is -0.562. The molecule has 0 radical (unpaired) electrons. The van der Waals surface area contributed by atoms with Crippen LogP contribution in [0.5, 0.6) is 11.5 Å². The van der Waals surface area contributed by atoms with Gasteiger partial charge < -0.3 is 10.1 Å². The number of carbonyl (C=O) groups is 1. The van der Waals surface area contributed by atoms with Gasteiger partial charge in [0.1, 0.15) is 18.0 Å². The summed E-state index contributed by atoms with van der Waals surface area (Å²) in [5, 5.41) is 2.68. The van der Waals surface area contributed by atoms with E-state index >= 15 is 0 Å². The van der Waals surface area contributed by atoms with Crippen LogP contribution in [0.3, 0.4) is 0 Å². The topological polar surface area (TPSA) is 93.2 Å². The van der Waals surface area contributed by atoms with Crippen molar-refractivity contribution in [2.75, 3.05) is 5.32 Å². The maximum absolute atomic E-state index is 12.0. The molecule has 1 heterocycles. The van der Waals surface area contributed by atoms with Crippen molar-refractivity contribution in [1.82, 2.24) is 9.55 Å². The minimum atomic E-state index is -0.630. The van der Waals surface area contributed by atoms with Gasteiger partial charge in [0.2, 0.25) is 5.91 Å². The van der Waals surface area contributed by atoms with Gasteiger partial charge in [-0.1, -0.05) is 18.2 Å². The van der Waals surface area contributed by atoms with Crippen LogP contribution in [0, 0.1) is 0 Å². The number of ether oxygens (including phenoxy) is 1. The fourth-order valence-electron chi connectivity index (χ4n) is 2.15. The first kappa shape index (κ1) is 16.3. The van der Waals surface area contributed by atoms with E-state index in [4.69, 9.17) is 4.74 Å². The van der Waals surface area contributed by atoms with Crippen molar-refractivity contribution in [3.63, 3.8) is 0 Å². The van der Waals surface area contributed by atoms with Crippen LogP contribution in [-0.2, 0) is 11.3 Å². The molecule has 7 heteroatoms. The molecule has 3 rings (SSSR count). The Balaban J connectivity index is 1.62. The Kier molecular flexibility index (Phi) is 4.75. The molecule has 0 aliphatic heterocycles. The third-order valence-electron chi connectivity index (χ3n) is 3.33. The Morgan fingerprint density at radius 2 is 1.64 bits per heavy atom. The molecule has 2 N–H and O–H groups in total. The number of benzene rings is 2. The monoisotopic (exact) mass is 337 g/mol. The number of nitrogens with one attached hydrogen (secondary N) is 2. The smallest absolute Gasteiger partial charge is 0.328 e. The second-order valence-electron chi connectivity index (χ2n) is 5.23. The van der Waals surface area contributed by atoms with Gasteiger partial charge in [-0.2, -0.15) is 0 Å². The van der Waals surface area contributed by atoms with E-state index in [1.807, 2.05) is 30.3 Å². The van der Waals surface area contributed by atoms with E-state index < -0.39 is 11.2 Å². The zero-order chi connectivity index (χ0) is 17.6. The van der Waals surface area contributed by atoms with Gasteiger partial charge in [0.05, 0.1) is 0 Å². The minimum Gasteiger partial charge on any atom is -0.457 e. The summed E-state index contributed by atoms with van der Waals surface area (Å²) in [7, 11) is 0. The Morgan fingerprint density at radius 3 is 2.32 bits per heavy atom. The van der Waals surface area contributed by atoms with Crippen molar-refractivity contribution in [1.29, 1.82) is 0 Å². The zero-order valence-electron chi connectivity index (χ0n) is 13.1.